The molecule has 0 saturated heterocycles. The van der Waals surface area contributed by atoms with E-state index < -0.39 is 0 Å². The van der Waals surface area contributed by atoms with Crippen molar-refractivity contribution in [1.82, 2.24) is 4.90 Å². The van der Waals surface area contributed by atoms with E-state index in [1.807, 2.05) is 0 Å². The number of aliphatic hydroxyl groups is 1. The Labute approximate surface area is 55.8 Å². The molecule has 0 radical (unpaired) electrons. The third kappa shape index (κ3) is 1.80. The zero-order chi connectivity index (χ0) is 6.69. The fourth-order valence-corrected chi connectivity index (χ4v) is 1.09. The fourth-order valence-electron chi connectivity index (χ4n) is 1.09. The highest BCUT2D eigenvalue weighted by Gasteiger charge is 2.09. The van der Waals surface area contributed by atoms with E-state index in [0.29, 0.717) is 5.92 Å². The van der Waals surface area contributed by atoms with Crippen molar-refractivity contribution in [3.05, 3.63) is 12.2 Å². The summed E-state index contributed by atoms with van der Waals surface area (Å²) < 4.78 is 0. The zero-order valence-corrected chi connectivity index (χ0v) is 5.75. The summed E-state index contributed by atoms with van der Waals surface area (Å²) in [6, 6.07) is 0. The molecule has 0 bridgehead atoms. The van der Waals surface area contributed by atoms with E-state index in [1.165, 1.54) is 0 Å². The second-order valence-corrected chi connectivity index (χ2v) is 2.59. The average Bonchev–Trinajstić information content (AvgIpc) is 1.88. The highest BCUT2D eigenvalue weighted by atomic mass is 16.3. The molecule has 0 spiro atoms. The van der Waals surface area contributed by atoms with Crippen molar-refractivity contribution in [2.24, 2.45) is 5.92 Å². The molecular weight excluding hydrogens is 114 g/mol. The Kier molecular flexibility index (Phi) is 2.25. The van der Waals surface area contributed by atoms with Crippen LogP contribution in [0, 0.1) is 5.92 Å². The molecule has 0 aliphatic carbocycles. The molecule has 1 heterocycles. The van der Waals surface area contributed by atoms with E-state index in [1.54, 1.807) is 0 Å². The van der Waals surface area contributed by atoms with E-state index in [2.05, 4.69) is 24.1 Å². The molecule has 0 aromatic rings. The molecule has 1 rings (SSSR count). The number of rotatable bonds is 1. The van der Waals surface area contributed by atoms with Crippen LogP contribution in [0.4, 0.5) is 0 Å². The molecule has 0 aromatic heterocycles. The lowest BCUT2D eigenvalue weighted by atomic mass is 10.1. The molecule has 1 aliphatic heterocycles. The van der Waals surface area contributed by atoms with Gasteiger partial charge in [-0.15, -0.1) is 0 Å². The number of likely N-dealkylation sites (N-methyl/N-ethyl adjacent to an activating group) is 1. The summed E-state index contributed by atoms with van der Waals surface area (Å²) in [5.74, 6) is 0.365. The summed E-state index contributed by atoms with van der Waals surface area (Å²) in [5, 5.41) is 8.73. The minimum absolute atomic E-state index is 0.279. The van der Waals surface area contributed by atoms with Gasteiger partial charge < -0.3 is 10.0 Å². The van der Waals surface area contributed by atoms with Crippen molar-refractivity contribution in [3.8, 4) is 0 Å². The van der Waals surface area contributed by atoms with Gasteiger partial charge in [-0.25, -0.2) is 0 Å². The Bertz CT molecular complexity index is 111. The Balaban J connectivity index is 2.39. The number of nitrogens with zero attached hydrogens (tertiary/aromatic N) is 1. The van der Waals surface area contributed by atoms with Crippen LogP contribution in [0.15, 0.2) is 12.2 Å². The smallest absolute Gasteiger partial charge is 0.0506 e. The molecule has 2 nitrogen and oxygen atoms in total. The van der Waals surface area contributed by atoms with Gasteiger partial charge in [-0.1, -0.05) is 12.2 Å². The van der Waals surface area contributed by atoms with Gasteiger partial charge >= 0.3 is 0 Å². The highest BCUT2D eigenvalue weighted by Crippen LogP contribution is 2.05. The van der Waals surface area contributed by atoms with Gasteiger partial charge in [-0.3, -0.25) is 0 Å². The lowest BCUT2D eigenvalue weighted by Crippen LogP contribution is -2.30. The first-order valence-electron chi connectivity index (χ1n) is 3.29. The van der Waals surface area contributed by atoms with Crippen LogP contribution in [0.5, 0.6) is 0 Å². The molecule has 0 aromatic carbocycles. The molecule has 9 heavy (non-hydrogen) atoms. The van der Waals surface area contributed by atoms with Gasteiger partial charge in [0.1, 0.15) is 0 Å². The normalized spacial score (nSPS) is 28.9. The first-order chi connectivity index (χ1) is 4.33. The standard InChI is InChI=1S/C7H13NO/c1-8-4-2-3-7(5-8)6-9/h2-3,7,9H,4-6H2,1H3/t7-/m1/s1. The van der Waals surface area contributed by atoms with Crippen LogP contribution in [-0.2, 0) is 0 Å². The van der Waals surface area contributed by atoms with Crippen molar-refractivity contribution in [1.29, 1.82) is 0 Å². The van der Waals surface area contributed by atoms with Crippen LogP contribution in [0.1, 0.15) is 0 Å². The zero-order valence-electron chi connectivity index (χ0n) is 5.75. The van der Waals surface area contributed by atoms with E-state index in [9.17, 15) is 0 Å². The van der Waals surface area contributed by atoms with Gasteiger partial charge in [-0.2, -0.15) is 0 Å². The number of hydrogen-bond acceptors (Lipinski definition) is 2. The minimum Gasteiger partial charge on any atom is -0.396 e. The van der Waals surface area contributed by atoms with Crippen LogP contribution in [0.25, 0.3) is 0 Å². The van der Waals surface area contributed by atoms with Crippen LogP contribution in [0.3, 0.4) is 0 Å². The van der Waals surface area contributed by atoms with Gasteiger partial charge in [0.25, 0.3) is 0 Å². The maximum atomic E-state index is 8.73. The van der Waals surface area contributed by atoms with Gasteiger partial charge in [-0.05, 0) is 7.05 Å². The SMILES string of the molecule is CN1CC=C[C@@H](CO)C1. The van der Waals surface area contributed by atoms with Crippen molar-refractivity contribution in [2.45, 2.75) is 0 Å². The van der Waals surface area contributed by atoms with Crippen molar-refractivity contribution >= 4 is 0 Å². The molecule has 1 N–H and O–H groups in total. The third-order valence-electron chi connectivity index (χ3n) is 1.61. The topological polar surface area (TPSA) is 23.5 Å². The molecule has 2 heteroatoms. The molecule has 0 unspecified atom stereocenters. The molecule has 52 valence electrons. The monoisotopic (exact) mass is 127 g/mol. The second kappa shape index (κ2) is 2.99. The van der Waals surface area contributed by atoms with Crippen molar-refractivity contribution in [3.63, 3.8) is 0 Å². The Hall–Kier alpha value is -0.340. The van der Waals surface area contributed by atoms with E-state index in [-0.39, 0.29) is 6.61 Å². The largest absolute Gasteiger partial charge is 0.396 e. The molecule has 0 amide bonds. The molecule has 0 fully saturated rings. The summed E-state index contributed by atoms with van der Waals surface area (Å²) in [4.78, 5) is 2.20. The highest BCUT2D eigenvalue weighted by molar-refractivity contribution is 4.95. The van der Waals surface area contributed by atoms with Crippen LogP contribution in [0.2, 0.25) is 0 Å². The maximum Gasteiger partial charge on any atom is 0.0506 e. The quantitative estimate of drug-likeness (QED) is 0.505. The molecule has 1 atom stereocenters. The second-order valence-electron chi connectivity index (χ2n) is 2.59. The summed E-state index contributed by atoms with van der Waals surface area (Å²) >= 11 is 0. The summed E-state index contributed by atoms with van der Waals surface area (Å²) in [5.41, 5.74) is 0. The first-order valence-corrected chi connectivity index (χ1v) is 3.29. The van der Waals surface area contributed by atoms with Crippen LogP contribution in [-0.4, -0.2) is 36.8 Å². The Morgan fingerprint density at radius 2 is 2.56 bits per heavy atom. The Morgan fingerprint density at radius 3 is 3.00 bits per heavy atom. The third-order valence-corrected chi connectivity index (χ3v) is 1.61. The van der Waals surface area contributed by atoms with E-state index >= 15 is 0 Å². The molecule has 1 aliphatic rings. The summed E-state index contributed by atoms with van der Waals surface area (Å²) in [6.07, 6.45) is 4.18. The van der Waals surface area contributed by atoms with Gasteiger partial charge in [0.15, 0.2) is 0 Å². The van der Waals surface area contributed by atoms with E-state index in [4.69, 9.17) is 5.11 Å². The maximum absolute atomic E-state index is 8.73. The lowest BCUT2D eigenvalue weighted by molar-refractivity contribution is 0.205. The minimum atomic E-state index is 0.279. The Morgan fingerprint density at radius 1 is 1.78 bits per heavy atom. The average molecular weight is 127 g/mol. The summed E-state index contributed by atoms with van der Waals surface area (Å²) in [7, 11) is 2.06. The number of hydrogen-bond donors (Lipinski definition) is 1. The molecule has 0 saturated carbocycles. The lowest BCUT2D eigenvalue weighted by Gasteiger charge is -2.23. The van der Waals surface area contributed by atoms with Gasteiger partial charge in [0.05, 0.1) is 6.61 Å². The van der Waals surface area contributed by atoms with Crippen LogP contribution >= 0.6 is 0 Å². The van der Waals surface area contributed by atoms with Crippen molar-refractivity contribution in [2.75, 3.05) is 26.7 Å². The predicted octanol–water partition coefficient (Wildman–Crippen LogP) is 0.0965. The van der Waals surface area contributed by atoms with Gasteiger partial charge in [0, 0.05) is 19.0 Å². The first kappa shape index (κ1) is 6.78. The van der Waals surface area contributed by atoms with Crippen LogP contribution < -0.4 is 0 Å². The predicted molar refractivity (Wildman–Crippen MR) is 37.2 cm³/mol. The van der Waals surface area contributed by atoms with Crippen molar-refractivity contribution < 1.29 is 5.11 Å². The fraction of sp³-hybridized carbons (Fsp3) is 0.714. The summed E-state index contributed by atoms with van der Waals surface area (Å²) in [6.45, 7) is 2.30. The van der Waals surface area contributed by atoms with Gasteiger partial charge in [0.2, 0.25) is 0 Å². The number of aliphatic hydroxyl groups excluding tert-OH is 1. The molecular formula is C7H13NO. The van der Waals surface area contributed by atoms with E-state index in [0.717, 1.165) is 13.1 Å².